The topological polar surface area (TPSA) is 116 Å². The SMILES string of the molecule is Cc1nc(NC(=O)N2CC3C[C@@H](N(C)c4ncnc5[nH]ccc45)C[C@@H]3C2)no1. The third-order valence-corrected chi connectivity index (χ3v) is 5.97. The number of urea groups is 1. The predicted octanol–water partition coefficient (Wildman–Crippen LogP) is 2.03. The molecule has 0 bridgehead atoms. The molecule has 1 saturated heterocycles. The fourth-order valence-corrected chi connectivity index (χ4v) is 4.59. The second-order valence-electron chi connectivity index (χ2n) is 7.67. The summed E-state index contributed by atoms with van der Waals surface area (Å²) >= 11 is 0. The predicted molar refractivity (Wildman–Crippen MR) is 102 cm³/mol. The summed E-state index contributed by atoms with van der Waals surface area (Å²) in [4.78, 5) is 32.5. The average Bonchev–Trinajstić information content (AvgIpc) is 3.43. The van der Waals surface area contributed by atoms with Gasteiger partial charge < -0.3 is 19.3 Å². The molecule has 1 aliphatic heterocycles. The number of aromatic nitrogens is 5. The summed E-state index contributed by atoms with van der Waals surface area (Å²) in [5, 5.41) is 7.47. The van der Waals surface area contributed by atoms with Gasteiger partial charge in [0.15, 0.2) is 0 Å². The number of rotatable bonds is 3. The number of aromatic amines is 1. The summed E-state index contributed by atoms with van der Waals surface area (Å²) < 4.78 is 4.90. The van der Waals surface area contributed by atoms with Crippen molar-refractivity contribution in [3.63, 3.8) is 0 Å². The van der Waals surface area contributed by atoms with E-state index in [1.54, 1.807) is 13.3 Å². The number of nitrogens with one attached hydrogen (secondary N) is 2. The van der Waals surface area contributed by atoms with Gasteiger partial charge >= 0.3 is 6.03 Å². The molecular weight excluding hydrogens is 360 g/mol. The second-order valence-corrected chi connectivity index (χ2v) is 7.67. The molecule has 1 aliphatic carbocycles. The lowest BCUT2D eigenvalue weighted by Crippen LogP contribution is -2.36. The van der Waals surface area contributed by atoms with Gasteiger partial charge in [-0.2, -0.15) is 4.98 Å². The van der Waals surface area contributed by atoms with Crippen molar-refractivity contribution in [1.29, 1.82) is 0 Å². The summed E-state index contributed by atoms with van der Waals surface area (Å²) in [6.07, 6.45) is 5.58. The van der Waals surface area contributed by atoms with E-state index in [9.17, 15) is 4.79 Å². The number of hydrogen-bond acceptors (Lipinski definition) is 7. The highest BCUT2D eigenvalue weighted by molar-refractivity contribution is 5.88. The molecule has 2 amide bonds. The van der Waals surface area contributed by atoms with Crippen LogP contribution in [0.3, 0.4) is 0 Å². The van der Waals surface area contributed by atoms with Gasteiger partial charge in [0.1, 0.15) is 17.8 Å². The van der Waals surface area contributed by atoms with E-state index in [0.717, 1.165) is 42.8 Å². The van der Waals surface area contributed by atoms with E-state index in [0.29, 0.717) is 23.8 Å². The van der Waals surface area contributed by atoms with Gasteiger partial charge in [-0.05, 0) is 35.9 Å². The van der Waals surface area contributed by atoms with Crippen molar-refractivity contribution < 1.29 is 9.32 Å². The van der Waals surface area contributed by atoms with E-state index in [-0.39, 0.29) is 12.0 Å². The van der Waals surface area contributed by atoms with E-state index in [4.69, 9.17) is 4.52 Å². The molecule has 4 heterocycles. The molecule has 1 unspecified atom stereocenters. The zero-order chi connectivity index (χ0) is 19.3. The first-order valence-corrected chi connectivity index (χ1v) is 9.45. The molecular formula is C18H22N8O2. The Kier molecular flexibility index (Phi) is 3.92. The van der Waals surface area contributed by atoms with Gasteiger partial charge in [0.05, 0.1) is 5.39 Å². The van der Waals surface area contributed by atoms with E-state index < -0.39 is 0 Å². The van der Waals surface area contributed by atoms with Crippen molar-refractivity contribution in [2.45, 2.75) is 25.8 Å². The number of carbonyl (C=O) groups is 1. The lowest BCUT2D eigenvalue weighted by atomic mass is 10.0. The summed E-state index contributed by atoms with van der Waals surface area (Å²) in [6.45, 7) is 3.19. The lowest BCUT2D eigenvalue weighted by Gasteiger charge is -2.27. The van der Waals surface area contributed by atoms with Crippen molar-refractivity contribution in [2.75, 3.05) is 30.4 Å². The van der Waals surface area contributed by atoms with Crippen molar-refractivity contribution >= 4 is 28.8 Å². The third kappa shape index (κ3) is 2.85. The smallest absolute Gasteiger partial charge is 0.324 e. The molecule has 0 radical (unpaired) electrons. The zero-order valence-corrected chi connectivity index (χ0v) is 15.8. The Labute approximate surface area is 161 Å². The first kappa shape index (κ1) is 17.0. The van der Waals surface area contributed by atoms with E-state index in [1.165, 1.54) is 0 Å². The normalized spacial score (nSPS) is 23.9. The fraction of sp³-hybridized carbons (Fsp3) is 0.500. The number of hydrogen-bond donors (Lipinski definition) is 2. The van der Waals surface area contributed by atoms with E-state index >= 15 is 0 Å². The molecule has 2 N–H and O–H groups in total. The minimum atomic E-state index is -0.162. The second kappa shape index (κ2) is 6.47. The Morgan fingerprint density at radius 1 is 1.32 bits per heavy atom. The Morgan fingerprint density at radius 2 is 2.11 bits per heavy atom. The molecule has 2 aliphatic rings. The largest absolute Gasteiger partial charge is 0.356 e. The minimum absolute atomic E-state index is 0.162. The van der Waals surface area contributed by atoms with Gasteiger partial charge in [-0.15, -0.1) is 0 Å². The number of anilines is 2. The van der Waals surface area contributed by atoms with Crippen LogP contribution in [0.2, 0.25) is 0 Å². The number of aryl methyl sites for hydroxylation is 1. The number of amides is 2. The summed E-state index contributed by atoms with van der Waals surface area (Å²) in [6, 6.07) is 2.26. The highest BCUT2D eigenvalue weighted by atomic mass is 16.5. The molecule has 2 fully saturated rings. The van der Waals surface area contributed by atoms with Crippen molar-refractivity contribution in [2.24, 2.45) is 11.8 Å². The van der Waals surface area contributed by atoms with Crippen LogP contribution in [0.25, 0.3) is 11.0 Å². The number of carbonyl (C=O) groups excluding carboxylic acids is 1. The molecule has 146 valence electrons. The van der Waals surface area contributed by atoms with Crippen molar-refractivity contribution in [1.82, 2.24) is 30.0 Å². The van der Waals surface area contributed by atoms with Gasteiger partial charge in [0.2, 0.25) is 5.89 Å². The molecule has 3 aromatic rings. The van der Waals surface area contributed by atoms with E-state index in [2.05, 4.69) is 42.4 Å². The Hall–Kier alpha value is -3.17. The Bertz CT molecular complexity index is 1000. The Balaban J connectivity index is 1.23. The first-order chi connectivity index (χ1) is 13.6. The van der Waals surface area contributed by atoms with Gasteiger partial charge in [-0.3, -0.25) is 5.32 Å². The monoisotopic (exact) mass is 382 g/mol. The Morgan fingerprint density at radius 3 is 2.82 bits per heavy atom. The summed E-state index contributed by atoms with van der Waals surface area (Å²) in [7, 11) is 2.10. The summed E-state index contributed by atoms with van der Waals surface area (Å²) in [5.41, 5.74) is 0.856. The molecule has 28 heavy (non-hydrogen) atoms. The molecule has 0 aromatic carbocycles. The highest BCUT2D eigenvalue weighted by Gasteiger charge is 2.44. The fourth-order valence-electron chi connectivity index (χ4n) is 4.59. The molecule has 0 spiro atoms. The molecule has 10 heteroatoms. The summed E-state index contributed by atoms with van der Waals surface area (Å²) in [5.74, 6) is 2.60. The maximum absolute atomic E-state index is 12.5. The average molecular weight is 382 g/mol. The van der Waals surface area contributed by atoms with Crippen molar-refractivity contribution in [3.05, 3.63) is 24.5 Å². The molecule has 10 nitrogen and oxygen atoms in total. The van der Waals surface area contributed by atoms with Crippen molar-refractivity contribution in [3.8, 4) is 0 Å². The molecule has 3 aromatic heterocycles. The van der Waals surface area contributed by atoms with Crippen LogP contribution in [-0.4, -0.2) is 62.2 Å². The molecule has 3 atom stereocenters. The van der Waals surface area contributed by atoms with E-state index in [1.807, 2.05) is 17.2 Å². The maximum Gasteiger partial charge on any atom is 0.324 e. The maximum atomic E-state index is 12.5. The minimum Gasteiger partial charge on any atom is -0.356 e. The zero-order valence-electron chi connectivity index (χ0n) is 15.8. The van der Waals surface area contributed by atoms with Crippen LogP contribution in [0, 0.1) is 18.8 Å². The standard InChI is InChI=1S/C18H22N8O2/c1-10-22-17(24-28-10)23-18(27)26-7-11-5-13(6-12(11)8-26)25(2)16-14-3-4-19-15(14)20-9-21-16/h3-4,9,11-13H,5-8H2,1-2H3,(H,19,20,21)(H,23,24,27)/t11-,12?,13+/m1/s1. The van der Waals surface area contributed by atoms with Crippen LogP contribution in [-0.2, 0) is 0 Å². The number of H-pyrrole nitrogens is 1. The van der Waals surface area contributed by atoms with Crippen LogP contribution in [0.1, 0.15) is 18.7 Å². The first-order valence-electron chi connectivity index (χ1n) is 9.45. The van der Waals surface area contributed by atoms with Crippen LogP contribution in [0.5, 0.6) is 0 Å². The quantitative estimate of drug-likeness (QED) is 0.712. The number of nitrogens with zero attached hydrogens (tertiary/aromatic N) is 6. The van der Waals surface area contributed by atoms with Gasteiger partial charge in [-0.1, -0.05) is 0 Å². The van der Waals surface area contributed by atoms with Crippen LogP contribution in [0.15, 0.2) is 23.1 Å². The highest BCUT2D eigenvalue weighted by Crippen LogP contribution is 2.41. The van der Waals surface area contributed by atoms with Gasteiger partial charge in [0, 0.05) is 39.3 Å². The lowest BCUT2D eigenvalue weighted by molar-refractivity contribution is 0.218. The molecule has 5 rings (SSSR count). The van der Waals surface area contributed by atoms with Gasteiger partial charge in [-0.25, -0.2) is 14.8 Å². The molecule has 1 saturated carbocycles. The van der Waals surface area contributed by atoms with Crippen LogP contribution < -0.4 is 10.2 Å². The van der Waals surface area contributed by atoms with Crippen LogP contribution in [0.4, 0.5) is 16.6 Å². The number of fused-ring (bicyclic) bond motifs is 2. The number of likely N-dealkylation sites (tertiary alicyclic amines) is 1. The third-order valence-electron chi connectivity index (χ3n) is 5.97. The van der Waals surface area contributed by atoms with Crippen LogP contribution >= 0.6 is 0 Å². The van der Waals surface area contributed by atoms with Gasteiger partial charge in [0.25, 0.3) is 5.95 Å².